The minimum Gasteiger partial charge on any atom is -0.369 e. The monoisotopic (exact) mass is 295 g/mol. The van der Waals surface area contributed by atoms with Crippen molar-refractivity contribution in [1.82, 2.24) is 4.90 Å². The van der Waals surface area contributed by atoms with E-state index >= 15 is 0 Å². The lowest BCUT2D eigenvalue weighted by Crippen LogP contribution is -2.32. The maximum Gasteiger partial charge on any atom is 0.211 e. The summed E-state index contributed by atoms with van der Waals surface area (Å²) in [7, 11) is 0. The van der Waals surface area contributed by atoms with Gasteiger partial charge in [-0.05, 0) is 23.3 Å². The maximum absolute atomic E-state index is 13.4. The van der Waals surface area contributed by atoms with Gasteiger partial charge in [-0.25, -0.2) is 4.39 Å². The zero-order valence-corrected chi connectivity index (χ0v) is 11.9. The van der Waals surface area contributed by atoms with Gasteiger partial charge in [0.15, 0.2) is 0 Å². The van der Waals surface area contributed by atoms with Crippen LogP contribution in [0.5, 0.6) is 0 Å². The number of guanidine groups is 1. The SMILES string of the molecule is NC(N)=NN=Cc1ccc(F)cc1CN1CCSCC1. The molecule has 0 amide bonds. The van der Waals surface area contributed by atoms with Crippen molar-refractivity contribution in [3.8, 4) is 0 Å². The average Bonchev–Trinajstić information content (AvgIpc) is 2.42. The Morgan fingerprint density at radius 1 is 1.35 bits per heavy atom. The summed E-state index contributed by atoms with van der Waals surface area (Å²) in [6, 6.07) is 4.64. The van der Waals surface area contributed by atoms with Crippen LogP contribution in [0.25, 0.3) is 0 Å². The van der Waals surface area contributed by atoms with E-state index in [9.17, 15) is 4.39 Å². The molecule has 5 nitrogen and oxygen atoms in total. The second-order valence-corrected chi connectivity index (χ2v) is 5.73. The van der Waals surface area contributed by atoms with E-state index in [2.05, 4.69) is 15.1 Å². The Bertz CT molecular complexity index is 507. The Morgan fingerprint density at radius 3 is 2.80 bits per heavy atom. The van der Waals surface area contributed by atoms with Crippen molar-refractivity contribution in [3.63, 3.8) is 0 Å². The number of thioether (sulfide) groups is 1. The molecule has 4 N–H and O–H groups in total. The second kappa shape index (κ2) is 7.25. The van der Waals surface area contributed by atoms with E-state index in [-0.39, 0.29) is 11.8 Å². The molecule has 0 saturated carbocycles. The van der Waals surface area contributed by atoms with Crippen molar-refractivity contribution in [2.75, 3.05) is 24.6 Å². The highest BCUT2D eigenvalue weighted by Gasteiger charge is 2.12. The van der Waals surface area contributed by atoms with E-state index in [0.29, 0.717) is 6.54 Å². The highest BCUT2D eigenvalue weighted by atomic mass is 32.2. The van der Waals surface area contributed by atoms with Gasteiger partial charge in [0.2, 0.25) is 5.96 Å². The van der Waals surface area contributed by atoms with Crippen LogP contribution in [0.3, 0.4) is 0 Å². The van der Waals surface area contributed by atoms with Gasteiger partial charge in [0.25, 0.3) is 0 Å². The van der Waals surface area contributed by atoms with Crippen molar-refractivity contribution >= 4 is 23.9 Å². The number of benzene rings is 1. The van der Waals surface area contributed by atoms with E-state index in [4.69, 9.17) is 11.5 Å². The molecule has 1 saturated heterocycles. The quantitative estimate of drug-likeness (QED) is 0.493. The normalized spacial score (nSPS) is 16.4. The molecule has 0 aromatic heterocycles. The predicted molar refractivity (Wildman–Crippen MR) is 82.4 cm³/mol. The third-order valence-corrected chi connectivity index (χ3v) is 3.92. The van der Waals surface area contributed by atoms with Crippen molar-refractivity contribution < 1.29 is 4.39 Å². The minimum atomic E-state index is -0.245. The van der Waals surface area contributed by atoms with Gasteiger partial charge in [-0.2, -0.15) is 16.9 Å². The molecule has 1 aromatic rings. The first kappa shape index (κ1) is 14.8. The largest absolute Gasteiger partial charge is 0.369 e. The maximum atomic E-state index is 13.4. The number of nitrogens with zero attached hydrogens (tertiary/aromatic N) is 3. The fourth-order valence-electron chi connectivity index (χ4n) is 2.00. The Balaban J connectivity index is 2.14. The molecule has 0 atom stereocenters. The molecule has 1 aliphatic heterocycles. The van der Waals surface area contributed by atoms with Crippen LogP contribution in [0.2, 0.25) is 0 Å². The summed E-state index contributed by atoms with van der Waals surface area (Å²) in [5.41, 5.74) is 12.1. The van der Waals surface area contributed by atoms with Gasteiger partial charge in [0.1, 0.15) is 5.82 Å². The van der Waals surface area contributed by atoms with Gasteiger partial charge in [0, 0.05) is 31.1 Å². The van der Waals surface area contributed by atoms with Gasteiger partial charge >= 0.3 is 0 Å². The lowest BCUT2D eigenvalue weighted by Gasteiger charge is -2.26. The lowest BCUT2D eigenvalue weighted by atomic mass is 10.1. The Hall–Kier alpha value is -1.60. The summed E-state index contributed by atoms with van der Waals surface area (Å²) < 4.78 is 13.4. The zero-order chi connectivity index (χ0) is 14.4. The van der Waals surface area contributed by atoms with Crippen LogP contribution in [-0.4, -0.2) is 41.7 Å². The first-order valence-corrected chi connectivity index (χ1v) is 7.51. The van der Waals surface area contributed by atoms with Crippen LogP contribution in [0, 0.1) is 5.82 Å². The van der Waals surface area contributed by atoms with Gasteiger partial charge in [-0.15, -0.1) is 5.10 Å². The highest BCUT2D eigenvalue weighted by Crippen LogP contribution is 2.16. The van der Waals surface area contributed by atoms with E-state index in [1.165, 1.54) is 6.07 Å². The molecule has 1 heterocycles. The van der Waals surface area contributed by atoms with E-state index < -0.39 is 0 Å². The molecule has 7 heteroatoms. The third kappa shape index (κ3) is 4.50. The smallest absolute Gasteiger partial charge is 0.211 e. The Morgan fingerprint density at radius 2 is 2.10 bits per heavy atom. The molecule has 20 heavy (non-hydrogen) atoms. The molecular formula is C13H18FN5S. The lowest BCUT2D eigenvalue weighted by molar-refractivity contribution is 0.294. The van der Waals surface area contributed by atoms with Crippen LogP contribution in [-0.2, 0) is 6.54 Å². The fourth-order valence-corrected chi connectivity index (χ4v) is 2.97. The van der Waals surface area contributed by atoms with Gasteiger partial charge in [0.05, 0.1) is 6.21 Å². The van der Waals surface area contributed by atoms with Crippen LogP contribution >= 0.6 is 11.8 Å². The standard InChI is InChI=1S/C13H18FN5S/c14-12-2-1-10(8-17-18-13(15)16)11(7-12)9-19-3-5-20-6-4-19/h1-2,7-8H,3-6,9H2,(H4,15,16,18). The fraction of sp³-hybridized carbons (Fsp3) is 0.385. The van der Waals surface area contributed by atoms with Crippen LogP contribution < -0.4 is 11.5 Å². The van der Waals surface area contributed by atoms with Crippen LogP contribution in [0.1, 0.15) is 11.1 Å². The molecule has 1 aliphatic rings. The molecular weight excluding hydrogens is 277 g/mol. The molecule has 0 unspecified atom stereocenters. The summed E-state index contributed by atoms with van der Waals surface area (Å²) in [5, 5.41) is 7.35. The van der Waals surface area contributed by atoms with E-state index in [1.54, 1.807) is 18.3 Å². The zero-order valence-electron chi connectivity index (χ0n) is 11.1. The molecule has 1 aromatic carbocycles. The topological polar surface area (TPSA) is 80.0 Å². The first-order chi connectivity index (χ1) is 9.65. The Kier molecular flexibility index (Phi) is 5.37. The number of rotatable bonds is 4. The van der Waals surface area contributed by atoms with Crippen molar-refractivity contribution in [2.45, 2.75) is 6.54 Å². The van der Waals surface area contributed by atoms with Gasteiger partial charge < -0.3 is 11.5 Å². The molecule has 0 bridgehead atoms. The number of hydrogen-bond acceptors (Lipinski definition) is 4. The third-order valence-electron chi connectivity index (χ3n) is 2.97. The number of nitrogens with two attached hydrogens (primary N) is 2. The molecule has 0 aliphatic carbocycles. The van der Waals surface area contributed by atoms with Gasteiger partial charge in [-0.3, -0.25) is 4.90 Å². The summed E-state index contributed by atoms with van der Waals surface area (Å²) >= 11 is 1.95. The molecule has 108 valence electrons. The summed E-state index contributed by atoms with van der Waals surface area (Å²) in [6.07, 6.45) is 1.55. The number of halogens is 1. The van der Waals surface area contributed by atoms with Crippen LogP contribution in [0.4, 0.5) is 4.39 Å². The van der Waals surface area contributed by atoms with E-state index in [1.807, 2.05) is 11.8 Å². The van der Waals surface area contributed by atoms with Crippen molar-refractivity contribution in [1.29, 1.82) is 0 Å². The number of hydrogen-bond donors (Lipinski definition) is 2. The second-order valence-electron chi connectivity index (χ2n) is 4.50. The van der Waals surface area contributed by atoms with Crippen LogP contribution in [0.15, 0.2) is 28.4 Å². The van der Waals surface area contributed by atoms with Crippen molar-refractivity contribution in [3.05, 3.63) is 35.1 Å². The first-order valence-electron chi connectivity index (χ1n) is 6.35. The molecule has 0 radical (unpaired) electrons. The minimum absolute atomic E-state index is 0.0991. The summed E-state index contributed by atoms with van der Waals surface area (Å²) in [4.78, 5) is 2.31. The highest BCUT2D eigenvalue weighted by molar-refractivity contribution is 7.99. The van der Waals surface area contributed by atoms with Gasteiger partial charge in [-0.1, -0.05) is 6.07 Å². The van der Waals surface area contributed by atoms with E-state index in [0.717, 1.165) is 35.7 Å². The Labute approximate surface area is 121 Å². The molecule has 1 fully saturated rings. The summed E-state index contributed by atoms with van der Waals surface area (Å²) in [5.74, 6) is 1.89. The molecule has 0 spiro atoms. The molecule has 2 rings (SSSR count). The average molecular weight is 295 g/mol. The summed E-state index contributed by atoms with van der Waals surface area (Å²) in [6.45, 7) is 2.75. The van der Waals surface area contributed by atoms with Crippen molar-refractivity contribution in [2.24, 2.45) is 21.7 Å². The predicted octanol–water partition coefficient (Wildman–Crippen LogP) is 0.982.